The number of hydrogen-bond acceptors (Lipinski definition) is 1. The van der Waals surface area contributed by atoms with Crippen LogP contribution in [0.1, 0.15) is 38.3 Å². The van der Waals surface area contributed by atoms with Crippen LogP contribution >= 0.6 is 0 Å². The van der Waals surface area contributed by atoms with Gasteiger partial charge in [0.2, 0.25) is 0 Å². The number of carbonyl (C=O) groups is 1. The number of amides is 2. The summed E-state index contributed by atoms with van der Waals surface area (Å²) in [6.45, 7) is 6.92. The fraction of sp³-hybridized carbons (Fsp3) is 0.500. The minimum atomic E-state index is -0.472. The summed E-state index contributed by atoms with van der Waals surface area (Å²) in [5.74, 6) is 0. The molecule has 0 aliphatic rings. The lowest BCUT2D eigenvalue weighted by atomic mass is 9.84. The Morgan fingerprint density at radius 2 is 1.88 bits per heavy atom. The Hall–Kier alpha value is -1.51. The number of hydrogen-bond donors (Lipinski definition) is 2. The topological polar surface area (TPSA) is 55.1 Å². The van der Waals surface area contributed by atoms with Crippen LogP contribution in [0.5, 0.6) is 0 Å². The van der Waals surface area contributed by atoms with Gasteiger partial charge in [-0.05, 0) is 17.5 Å². The quantitative estimate of drug-likeness (QED) is 0.808. The van der Waals surface area contributed by atoms with Crippen LogP contribution in [-0.2, 0) is 11.8 Å². The van der Waals surface area contributed by atoms with Gasteiger partial charge in [-0.3, -0.25) is 0 Å². The van der Waals surface area contributed by atoms with Crippen LogP contribution in [-0.4, -0.2) is 12.6 Å². The molecule has 3 nitrogen and oxygen atoms in total. The molecule has 0 spiro atoms. The summed E-state index contributed by atoms with van der Waals surface area (Å²) >= 11 is 0. The van der Waals surface area contributed by atoms with Crippen molar-refractivity contribution in [3.05, 3.63) is 35.4 Å². The fourth-order valence-corrected chi connectivity index (χ4v) is 1.82. The van der Waals surface area contributed by atoms with E-state index in [9.17, 15) is 4.79 Å². The first-order valence-corrected chi connectivity index (χ1v) is 6.08. The molecule has 1 rings (SSSR count). The van der Waals surface area contributed by atoms with Crippen LogP contribution in [0.25, 0.3) is 0 Å². The fourth-order valence-electron chi connectivity index (χ4n) is 1.82. The van der Waals surface area contributed by atoms with Crippen molar-refractivity contribution in [3.63, 3.8) is 0 Å². The number of urea groups is 1. The third kappa shape index (κ3) is 4.10. The average Bonchev–Trinajstić information content (AvgIpc) is 2.28. The highest BCUT2D eigenvalue weighted by atomic mass is 16.2. The molecule has 0 fully saturated rings. The third-order valence-corrected chi connectivity index (χ3v) is 2.98. The van der Waals surface area contributed by atoms with E-state index in [0.717, 1.165) is 12.8 Å². The highest BCUT2D eigenvalue weighted by Crippen LogP contribution is 2.22. The van der Waals surface area contributed by atoms with Crippen molar-refractivity contribution >= 4 is 6.03 Å². The molecule has 3 heteroatoms. The maximum absolute atomic E-state index is 10.7. The van der Waals surface area contributed by atoms with E-state index in [2.05, 4.69) is 50.4 Å². The average molecular weight is 234 g/mol. The molecule has 17 heavy (non-hydrogen) atoms. The van der Waals surface area contributed by atoms with Gasteiger partial charge in [-0.25, -0.2) is 4.79 Å². The maximum Gasteiger partial charge on any atom is 0.312 e. The molecule has 0 atom stereocenters. The molecule has 0 saturated carbocycles. The lowest BCUT2D eigenvalue weighted by Crippen LogP contribution is -2.39. The van der Waals surface area contributed by atoms with E-state index >= 15 is 0 Å². The van der Waals surface area contributed by atoms with Crippen LogP contribution < -0.4 is 11.1 Å². The molecule has 0 bridgehead atoms. The van der Waals surface area contributed by atoms with Crippen molar-refractivity contribution in [2.75, 3.05) is 6.54 Å². The van der Waals surface area contributed by atoms with Crippen molar-refractivity contribution in [3.8, 4) is 0 Å². The first-order valence-electron chi connectivity index (χ1n) is 6.08. The summed E-state index contributed by atoms with van der Waals surface area (Å²) in [6.07, 6.45) is 2.27. The molecule has 0 aliphatic heterocycles. The molecule has 2 amide bonds. The molecule has 94 valence electrons. The van der Waals surface area contributed by atoms with E-state index < -0.39 is 6.03 Å². The highest BCUT2D eigenvalue weighted by Gasteiger charge is 2.20. The molecule has 0 radical (unpaired) electrons. The molecule has 1 aromatic carbocycles. The van der Waals surface area contributed by atoms with E-state index in [4.69, 9.17) is 5.73 Å². The van der Waals surface area contributed by atoms with Gasteiger partial charge >= 0.3 is 6.03 Å². The van der Waals surface area contributed by atoms with Crippen LogP contribution in [0.15, 0.2) is 24.3 Å². The smallest absolute Gasteiger partial charge is 0.312 e. The van der Waals surface area contributed by atoms with Gasteiger partial charge in [0.05, 0.1) is 0 Å². The second-order valence-corrected chi connectivity index (χ2v) is 5.05. The van der Waals surface area contributed by atoms with Gasteiger partial charge in [0, 0.05) is 12.0 Å². The van der Waals surface area contributed by atoms with Crippen molar-refractivity contribution in [2.24, 2.45) is 5.73 Å². The summed E-state index contributed by atoms with van der Waals surface area (Å²) in [4.78, 5) is 10.7. The molecule has 0 aliphatic carbocycles. The zero-order valence-electron chi connectivity index (χ0n) is 10.9. The number of primary amides is 1. The molecular weight excluding hydrogens is 212 g/mol. The second kappa shape index (κ2) is 5.71. The standard InChI is InChI=1S/C14H22N2O/c1-4-5-11-6-8-12(9-7-11)14(2,3)10-16-13(15)17/h6-9H,4-5,10H2,1-3H3,(H3,15,16,17). The van der Waals surface area contributed by atoms with Gasteiger partial charge < -0.3 is 11.1 Å². The normalized spacial score (nSPS) is 11.2. The third-order valence-electron chi connectivity index (χ3n) is 2.98. The summed E-state index contributed by atoms with van der Waals surface area (Å²) in [5, 5.41) is 2.66. The number of carbonyl (C=O) groups excluding carboxylic acids is 1. The van der Waals surface area contributed by atoms with E-state index in [1.165, 1.54) is 11.1 Å². The van der Waals surface area contributed by atoms with Crippen molar-refractivity contribution in [1.29, 1.82) is 0 Å². The predicted octanol–water partition coefficient (Wildman–Crippen LogP) is 2.59. The molecule has 1 aromatic rings. The van der Waals surface area contributed by atoms with E-state index in [-0.39, 0.29) is 5.41 Å². The van der Waals surface area contributed by atoms with Crippen LogP contribution in [0.2, 0.25) is 0 Å². The van der Waals surface area contributed by atoms with Crippen LogP contribution in [0, 0.1) is 0 Å². The van der Waals surface area contributed by atoms with Crippen LogP contribution in [0.4, 0.5) is 4.79 Å². The molecule has 0 saturated heterocycles. The number of nitrogens with one attached hydrogen (secondary N) is 1. The predicted molar refractivity (Wildman–Crippen MR) is 71.0 cm³/mol. The molecule has 3 N–H and O–H groups in total. The second-order valence-electron chi connectivity index (χ2n) is 5.05. The van der Waals surface area contributed by atoms with E-state index in [0.29, 0.717) is 6.54 Å². The van der Waals surface area contributed by atoms with Crippen molar-refractivity contribution in [1.82, 2.24) is 5.32 Å². The summed E-state index contributed by atoms with van der Waals surface area (Å²) in [6, 6.07) is 8.11. The number of aryl methyl sites for hydroxylation is 1. The number of rotatable bonds is 5. The Balaban J connectivity index is 2.73. The molecule has 0 aromatic heterocycles. The Kier molecular flexibility index (Phi) is 4.55. The zero-order chi connectivity index (χ0) is 12.9. The Morgan fingerprint density at radius 1 is 1.29 bits per heavy atom. The Labute approximate surface area is 103 Å². The number of nitrogens with two attached hydrogens (primary N) is 1. The summed E-state index contributed by atoms with van der Waals surface area (Å²) in [7, 11) is 0. The van der Waals surface area contributed by atoms with Gasteiger partial charge in [-0.15, -0.1) is 0 Å². The molecule has 0 heterocycles. The summed E-state index contributed by atoms with van der Waals surface area (Å²) in [5.41, 5.74) is 7.56. The van der Waals surface area contributed by atoms with Gasteiger partial charge in [0.1, 0.15) is 0 Å². The van der Waals surface area contributed by atoms with Crippen molar-refractivity contribution < 1.29 is 4.79 Å². The Bertz CT molecular complexity index is 368. The van der Waals surface area contributed by atoms with Gasteiger partial charge in [-0.2, -0.15) is 0 Å². The zero-order valence-corrected chi connectivity index (χ0v) is 10.9. The first kappa shape index (κ1) is 13.6. The largest absolute Gasteiger partial charge is 0.352 e. The minimum absolute atomic E-state index is 0.0974. The number of benzene rings is 1. The van der Waals surface area contributed by atoms with Crippen molar-refractivity contribution in [2.45, 2.75) is 39.0 Å². The lowest BCUT2D eigenvalue weighted by Gasteiger charge is -2.25. The maximum atomic E-state index is 10.7. The van der Waals surface area contributed by atoms with Gasteiger partial charge in [-0.1, -0.05) is 51.5 Å². The Morgan fingerprint density at radius 3 is 2.35 bits per heavy atom. The summed E-state index contributed by atoms with van der Waals surface area (Å²) < 4.78 is 0. The lowest BCUT2D eigenvalue weighted by molar-refractivity contribution is 0.246. The van der Waals surface area contributed by atoms with E-state index in [1.807, 2.05) is 0 Å². The first-order chi connectivity index (χ1) is 7.95. The molecular formula is C14H22N2O. The minimum Gasteiger partial charge on any atom is -0.352 e. The van der Waals surface area contributed by atoms with Crippen LogP contribution in [0.3, 0.4) is 0 Å². The highest BCUT2D eigenvalue weighted by molar-refractivity contribution is 5.71. The monoisotopic (exact) mass is 234 g/mol. The van der Waals surface area contributed by atoms with Gasteiger partial charge in [0.15, 0.2) is 0 Å². The molecule has 0 unspecified atom stereocenters. The van der Waals surface area contributed by atoms with Gasteiger partial charge in [0.25, 0.3) is 0 Å². The van der Waals surface area contributed by atoms with E-state index in [1.54, 1.807) is 0 Å². The SMILES string of the molecule is CCCc1ccc(C(C)(C)CNC(N)=O)cc1.